The highest BCUT2D eigenvalue weighted by Crippen LogP contribution is 2.60. The summed E-state index contributed by atoms with van der Waals surface area (Å²) in [7, 11) is 0. The van der Waals surface area contributed by atoms with Gasteiger partial charge < -0.3 is 9.80 Å². The molecule has 1 aromatic heterocycles. The van der Waals surface area contributed by atoms with Crippen LogP contribution in [0.2, 0.25) is 0 Å². The van der Waals surface area contributed by atoms with E-state index in [0.717, 1.165) is 57.7 Å². The van der Waals surface area contributed by atoms with Gasteiger partial charge in [-0.05, 0) is 37.2 Å². The number of hydrogen-bond acceptors (Lipinski definition) is 5. The van der Waals surface area contributed by atoms with E-state index < -0.39 is 0 Å². The van der Waals surface area contributed by atoms with Gasteiger partial charge in [-0.1, -0.05) is 42.5 Å². The Morgan fingerprint density at radius 3 is 2.38 bits per heavy atom. The quantitative estimate of drug-likeness (QED) is 0.688. The van der Waals surface area contributed by atoms with E-state index >= 15 is 0 Å². The van der Waals surface area contributed by atoms with Crippen LogP contribution in [0.1, 0.15) is 41.0 Å². The number of aromatic nitrogens is 2. The van der Waals surface area contributed by atoms with Crippen molar-refractivity contribution in [3.05, 3.63) is 65.8 Å². The molecule has 2 aliphatic heterocycles. The molecule has 0 bridgehead atoms. The van der Waals surface area contributed by atoms with Gasteiger partial charge in [0.1, 0.15) is 5.69 Å². The molecule has 1 spiro atoms. The molecule has 3 heterocycles. The minimum absolute atomic E-state index is 0.0525. The molecular weight excluding hydrogens is 426 g/mol. The minimum atomic E-state index is -0.0525. The number of rotatable bonds is 5. The second kappa shape index (κ2) is 9.66. The highest BCUT2D eigenvalue weighted by atomic mass is 16.2. The number of amides is 2. The molecule has 34 heavy (non-hydrogen) atoms. The van der Waals surface area contributed by atoms with Gasteiger partial charge in [0.05, 0.1) is 11.9 Å². The van der Waals surface area contributed by atoms with Gasteiger partial charge in [-0.15, -0.1) is 0 Å². The molecule has 3 fully saturated rings. The van der Waals surface area contributed by atoms with Crippen LogP contribution >= 0.6 is 0 Å². The normalized spacial score (nSPS) is 22.3. The van der Waals surface area contributed by atoms with Crippen molar-refractivity contribution in [2.24, 2.45) is 11.3 Å². The van der Waals surface area contributed by atoms with E-state index in [0.29, 0.717) is 24.7 Å². The van der Waals surface area contributed by atoms with E-state index in [4.69, 9.17) is 0 Å². The van der Waals surface area contributed by atoms with Crippen molar-refractivity contribution in [2.45, 2.75) is 26.2 Å². The first kappa shape index (κ1) is 22.7. The molecule has 7 nitrogen and oxygen atoms in total. The second-order valence-corrected chi connectivity index (χ2v) is 9.89. The topological polar surface area (TPSA) is 69.6 Å². The van der Waals surface area contributed by atoms with Gasteiger partial charge in [0.15, 0.2) is 0 Å². The van der Waals surface area contributed by atoms with Crippen molar-refractivity contribution in [3.8, 4) is 0 Å². The molecule has 1 atom stereocenters. The Bertz CT molecular complexity index is 1040. The zero-order chi connectivity index (χ0) is 23.5. The smallest absolute Gasteiger partial charge is 0.274 e. The number of nitrogens with zero attached hydrogens (tertiary/aromatic N) is 5. The number of carbonyl (C=O) groups excluding carboxylic acids is 2. The van der Waals surface area contributed by atoms with Crippen LogP contribution in [0.4, 0.5) is 0 Å². The Labute approximate surface area is 201 Å². The molecule has 1 saturated carbocycles. The molecule has 178 valence electrons. The maximum atomic E-state index is 13.2. The lowest BCUT2D eigenvalue weighted by molar-refractivity contribution is -0.135. The molecule has 1 aliphatic carbocycles. The standard InChI is InChI=1S/C27H33N5O2/c1-21-19-29-24(20-28-21)26(34)31-12-9-27(10-13-31)18-23(27)25(33)32-16-14-30(15-17-32)11-5-8-22-6-3-2-4-7-22/h2-8,19-20,23H,9-18H2,1H3/b8-5+. The van der Waals surface area contributed by atoms with E-state index in [-0.39, 0.29) is 17.2 Å². The van der Waals surface area contributed by atoms with Crippen molar-refractivity contribution in [1.29, 1.82) is 0 Å². The molecule has 1 unspecified atom stereocenters. The zero-order valence-corrected chi connectivity index (χ0v) is 19.9. The Balaban J connectivity index is 1.06. The fourth-order valence-electron chi connectivity index (χ4n) is 5.34. The third-order valence-electron chi connectivity index (χ3n) is 7.69. The van der Waals surface area contributed by atoms with Crippen LogP contribution in [0.15, 0.2) is 48.8 Å². The van der Waals surface area contributed by atoms with Gasteiger partial charge in [-0.2, -0.15) is 0 Å². The number of hydrogen-bond donors (Lipinski definition) is 0. The van der Waals surface area contributed by atoms with E-state index in [1.807, 2.05) is 17.9 Å². The van der Waals surface area contributed by atoms with Crippen LogP contribution in [0.25, 0.3) is 6.08 Å². The van der Waals surface area contributed by atoms with Crippen LogP contribution in [0, 0.1) is 18.3 Å². The SMILES string of the molecule is Cc1cnc(C(=O)N2CCC3(CC2)CC3C(=O)N2CCN(C/C=C/c3ccccc3)CC2)cn1. The summed E-state index contributed by atoms with van der Waals surface area (Å²) in [5.41, 5.74) is 2.52. The first-order valence-electron chi connectivity index (χ1n) is 12.3. The van der Waals surface area contributed by atoms with Gasteiger partial charge in [0, 0.05) is 57.9 Å². The van der Waals surface area contributed by atoms with Crippen molar-refractivity contribution < 1.29 is 9.59 Å². The molecular formula is C27H33N5O2. The van der Waals surface area contributed by atoms with Gasteiger partial charge in [-0.25, -0.2) is 4.98 Å². The molecule has 2 aromatic rings. The summed E-state index contributed by atoms with van der Waals surface area (Å²) in [6, 6.07) is 10.3. The maximum Gasteiger partial charge on any atom is 0.274 e. The lowest BCUT2D eigenvalue weighted by Gasteiger charge is -2.36. The van der Waals surface area contributed by atoms with Gasteiger partial charge in [0.25, 0.3) is 5.91 Å². The lowest BCUT2D eigenvalue weighted by Crippen LogP contribution is -2.49. The summed E-state index contributed by atoms with van der Waals surface area (Å²) in [5.74, 6) is 0.403. The number of benzene rings is 1. The number of aryl methyl sites for hydroxylation is 1. The largest absolute Gasteiger partial charge is 0.340 e. The third kappa shape index (κ3) is 4.89. The molecule has 2 amide bonds. The summed E-state index contributed by atoms with van der Waals surface area (Å²) in [5, 5.41) is 0. The Hall–Kier alpha value is -3.06. The summed E-state index contributed by atoms with van der Waals surface area (Å²) in [4.78, 5) is 40.7. The maximum absolute atomic E-state index is 13.2. The van der Waals surface area contributed by atoms with Crippen LogP contribution in [0.5, 0.6) is 0 Å². The first-order chi connectivity index (χ1) is 16.5. The summed E-state index contributed by atoms with van der Waals surface area (Å²) < 4.78 is 0. The molecule has 2 saturated heterocycles. The zero-order valence-electron chi connectivity index (χ0n) is 19.9. The number of carbonyl (C=O) groups is 2. The molecule has 3 aliphatic rings. The number of piperidine rings is 1. The van der Waals surface area contributed by atoms with Crippen molar-refractivity contribution >= 4 is 17.9 Å². The molecule has 0 radical (unpaired) electrons. The Kier molecular flexibility index (Phi) is 6.46. The van der Waals surface area contributed by atoms with E-state index in [9.17, 15) is 9.59 Å². The average Bonchev–Trinajstić information content (AvgIpc) is 3.58. The fourth-order valence-corrected chi connectivity index (χ4v) is 5.34. The van der Waals surface area contributed by atoms with E-state index in [1.54, 1.807) is 12.4 Å². The van der Waals surface area contributed by atoms with Gasteiger partial charge in [-0.3, -0.25) is 19.5 Å². The highest BCUT2D eigenvalue weighted by molar-refractivity contribution is 5.92. The number of piperazine rings is 1. The minimum Gasteiger partial charge on any atom is -0.340 e. The molecule has 7 heteroatoms. The Morgan fingerprint density at radius 2 is 1.71 bits per heavy atom. The van der Waals surface area contributed by atoms with Crippen molar-refractivity contribution in [3.63, 3.8) is 0 Å². The first-order valence-corrected chi connectivity index (χ1v) is 12.3. The van der Waals surface area contributed by atoms with E-state index in [2.05, 4.69) is 56.2 Å². The van der Waals surface area contributed by atoms with Crippen LogP contribution in [0.3, 0.4) is 0 Å². The molecule has 1 aromatic carbocycles. The Morgan fingerprint density at radius 1 is 0.971 bits per heavy atom. The molecule has 5 rings (SSSR count). The molecule has 0 N–H and O–H groups in total. The summed E-state index contributed by atoms with van der Waals surface area (Å²) >= 11 is 0. The number of likely N-dealkylation sites (tertiary alicyclic amines) is 1. The van der Waals surface area contributed by atoms with Crippen molar-refractivity contribution in [2.75, 3.05) is 45.8 Å². The van der Waals surface area contributed by atoms with Crippen LogP contribution in [-0.4, -0.2) is 82.3 Å². The van der Waals surface area contributed by atoms with Crippen molar-refractivity contribution in [1.82, 2.24) is 24.7 Å². The third-order valence-corrected chi connectivity index (χ3v) is 7.69. The highest BCUT2D eigenvalue weighted by Gasteiger charge is 2.59. The lowest BCUT2D eigenvalue weighted by atomic mass is 9.90. The van der Waals surface area contributed by atoms with Crippen LogP contribution in [-0.2, 0) is 4.79 Å². The van der Waals surface area contributed by atoms with Gasteiger partial charge in [0.2, 0.25) is 5.91 Å². The second-order valence-electron chi connectivity index (χ2n) is 9.89. The predicted octanol–water partition coefficient (Wildman–Crippen LogP) is 2.88. The van der Waals surface area contributed by atoms with Gasteiger partial charge >= 0.3 is 0 Å². The van der Waals surface area contributed by atoms with E-state index in [1.165, 1.54) is 5.56 Å². The predicted molar refractivity (Wildman–Crippen MR) is 131 cm³/mol. The summed E-state index contributed by atoms with van der Waals surface area (Å²) in [6.07, 6.45) is 10.3. The summed E-state index contributed by atoms with van der Waals surface area (Å²) in [6.45, 7) is 7.62. The average molecular weight is 460 g/mol. The monoisotopic (exact) mass is 459 g/mol. The van der Waals surface area contributed by atoms with Crippen LogP contribution < -0.4 is 0 Å². The fraction of sp³-hybridized carbons (Fsp3) is 0.481.